The van der Waals surface area contributed by atoms with Crippen LogP contribution in [0.15, 0.2) is 29.3 Å². The van der Waals surface area contributed by atoms with Crippen LogP contribution in [0.4, 0.5) is 0 Å². The third-order valence-electron chi connectivity index (χ3n) is 6.12. The number of halogens is 1. The molecule has 33 heavy (non-hydrogen) atoms. The van der Waals surface area contributed by atoms with Crippen LogP contribution >= 0.6 is 24.0 Å². The molecule has 1 N–H and O–H groups in total. The van der Waals surface area contributed by atoms with E-state index in [2.05, 4.69) is 50.0 Å². The highest BCUT2D eigenvalue weighted by atomic mass is 127. The molecule has 0 spiro atoms. The van der Waals surface area contributed by atoms with E-state index in [0.29, 0.717) is 32.3 Å². The highest BCUT2D eigenvalue weighted by Crippen LogP contribution is 2.25. The topological polar surface area (TPSA) is 66.4 Å². The van der Waals surface area contributed by atoms with Crippen LogP contribution in [0.1, 0.15) is 46.1 Å². The number of piperidine rings is 1. The number of aliphatic imine (C=N–C) groups is 1. The molecule has 1 aromatic carbocycles. The molecule has 0 atom stereocenters. The minimum absolute atomic E-state index is 0. The van der Waals surface area contributed by atoms with Crippen LogP contribution in [0.5, 0.6) is 5.75 Å². The normalized spacial score (nSPS) is 18.0. The number of nitrogens with one attached hydrogen (secondary N) is 1. The third kappa shape index (κ3) is 8.31. The Hall–Kier alpha value is -1.55. The number of morpholine rings is 1. The number of likely N-dealkylation sites (tertiary alicyclic amines) is 1. The maximum atomic E-state index is 12.8. The maximum absolute atomic E-state index is 12.8. The fraction of sp³-hybridized carbons (Fsp3) is 0.680. The molecule has 0 unspecified atom stereocenters. The van der Waals surface area contributed by atoms with Gasteiger partial charge in [0.05, 0.1) is 19.8 Å². The van der Waals surface area contributed by atoms with Gasteiger partial charge in [0.1, 0.15) is 12.4 Å². The molecular weight excluding hydrogens is 531 g/mol. The molecule has 1 aromatic rings. The quantitative estimate of drug-likeness (QED) is 0.245. The molecule has 2 saturated heterocycles. The van der Waals surface area contributed by atoms with Crippen LogP contribution in [-0.2, 0) is 14.9 Å². The summed E-state index contributed by atoms with van der Waals surface area (Å²) in [6.07, 6.45) is 1.74. The summed E-state index contributed by atoms with van der Waals surface area (Å²) in [4.78, 5) is 21.8. The van der Waals surface area contributed by atoms with Gasteiger partial charge in [-0.15, -0.1) is 24.0 Å². The van der Waals surface area contributed by atoms with Gasteiger partial charge in [-0.1, -0.05) is 32.9 Å². The average Bonchev–Trinajstić information content (AvgIpc) is 2.81. The number of guanidine groups is 1. The highest BCUT2D eigenvalue weighted by Gasteiger charge is 2.30. The molecule has 0 radical (unpaired) electrons. The Kier molecular flexibility index (Phi) is 11.2. The summed E-state index contributed by atoms with van der Waals surface area (Å²) in [7, 11) is 0. The van der Waals surface area contributed by atoms with Crippen molar-refractivity contribution in [3.05, 3.63) is 29.8 Å². The number of nitrogens with zero attached hydrogens (tertiary/aromatic N) is 3. The van der Waals surface area contributed by atoms with E-state index < -0.39 is 0 Å². The second kappa shape index (κ2) is 13.4. The smallest absolute Gasteiger partial charge is 0.225 e. The van der Waals surface area contributed by atoms with E-state index in [1.54, 1.807) is 0 Å². The fourth-order valence-corrected chi connectivity index (χ4v) is 4.17. The van der Waals surface area contributed by atoms with Crippen molar-refractivity contribution in [3.8, 4) is 5.75 Å². The molecule has 2 heterocycles. The van der Waals surface area contributed by atoms with Crippen LogP contribution in [0.3, 0.4) is 0 Å². The lowest BCUT2D eigenvalue weighted by Crippen LogP contribution is -2.50. The van der Waals surface area contributed by atoms with Crippen molar-refractivity contribution in [1.82, 2.24) is 15.1 Å². The predicted molar refractivity (Wildman–Crippen MR) is 144 cm³/mol. The Morgan fingerprint density at radius 3 is 2.48 bits per heavy atom. The zero-order valence-electron chi connectivity index (χ0n) is 20.6. The molecular formula is C25H41IN4O3. The van der Waals surface area contributed by atoms with Crippen LogP contribution in [0, 0.1) is 5.92 Å². The second-order valence-corrected chi connectivity index (χ2v) is 9.56. The summed E-state index contributed by atoms with van der Waals surface area (Å²) < 4.78 is 11.3. The molecule has 0 aromatic heterocycles. The zero-order chi connectivity index (χ0) is 23.0. The summed E-state index contributed by atoms with van der Waals surface area (Å²) in [5.74, 6) is 2.21. The Morgan fingerprint density at radius 1 is 1.15 bits per heavy atom. The predicted octanol–water partition coefficient (Wildman–Crippen LogP) is 3.52. The van der Waals surface area contributed by atoms with Gasteiger partial charge in [0, 0.05) is 38.6 Å². The lowest BCUT2D eigenvalue weighted by Gasteiger charge is -2.36. The molecule has 1 amide bonds. The van der Waals surface area contributed by atoms with Crippen LogP contribution in [0.2, 0.25) is 0 Å². The first kappa shape index (κ1) is 27.7. The molecule has 186 valence electrons. The Morgan fingerprint density at radius 2 is 1.85 bits per heavy atom. The van der Waals surface area contributed by atoms with Crippen molar-refractivity contribution >= 4 is 35.8 Å². The molecule has 7 nitrogen and oxygen atoms in total. The zero-order valence-corrected chi connectivity index (χ0v) is 23.0. The standard InChI is InChI=1S/C25H40N4O3.HI/c1-5-26-24(27-11-16-32-22-8-6-7-21(19-22)25(2,3)4)29-12-9-20(10-13-29)23(30)28-14-17-31-18-15-28;/h6-8,19-20H,5,9-18H2,1-4H3,(H,26,27);1H. The van der Waals surface area contributed by atoms with Crippen molar-refractivity contribution in [2.75, 3.05) is 59.1 Å². The minimum atomic E-state index is 0. The number of rotatable bonds is 6. The Balaban J connectivity index is 0.00000385. The molecule has 8 heteroatoms. The van der Waals surface area contributed by atoms with Gasteiger partial charge in [0.25, 0.3) is 0 Å². The Labute approximate surface area is 216 Å². The number of hydrogen-bond acceptors (Lipinski definition) is 4. The summed E-state index contributed by atoms with van der Waals surface area (Å²) in [5.41, 5.74) is 1.37. The molecule has 0 bridgehead atoms. The van der Waals surface area contributed by atoms with E-state index in [4.69, 9.17) is 14.5 Å². The lowest BCUT2D eigenvalue weighted by atomic mass is 9.87. The summed E-state index contributed by atoms with van der Waals surface area (Å²) in [6, 6.07) is 8.30. The number of hydrogen-bond donors (Lipinski definition) is 1. The van der Waals surface area contributed by atoms with Gasteiger partial charge in [0.2, 0.25) is 5.91 Å². The van der Waals surface area contributed by atoms with Gasteiger partial charge in [-0.2, -0.15) is 0 Å². The molecule has 0 saturated carbocycles. The van der Waals surface area contributed by atoms with Gasteiger partial charge in [-0.05, 0) is 42.9 Å². The Bertz CT molecular complexity index is 767. The average molecular weight is 573 g/mol. The van der Waals surface area contributed by atoms with Crippen molar-refractivity contribution < 1.29 is 14.3 Å². The lowest BCUT2D eigenvalue weighted by molar-refractivity contribution is -0.140. The van der Waals surface area contributed by atoms with Gasteiger partial charge in [0.15, 0.2) is 5.96 Å². The summed E-state index contributed by atoms with van der Waals surface area (Å²) in [6.45, 7) is 15.1. The first-order valence-corrected chi connectivity index (χ1v) is 12.0. The molecule has 2 fully saturated rings. The van der Waals surface area contributed by atoms with Crippen molar-refractivity contribution in [2.24, 2.45) is 10.9 Å². The first-order valence-electron chi connectivity index (χ1n) is 12.0. The van der Waals surface area contributed by atoms with E-state index in [0.717, 1.165) is 57.3 Å². The SMILES string of the molecule is CCNC(=NCCOc1cccc(C(C)(C)C)c1)N1CCC(C(=O)N2CCOCC2)CC1.I. The fourth-order valence-electron chi connectivity index (χ4n) is 4.17. The van der Waals surface area contributed by atoms with Gasteiger partial charge in [-0.25, -0.2) is 4.99 Å². The van der Waals surface area contributed by atoms with Gasteiger partial charge >= 0.3 is 0 Å². The third-order valence-corrected chi connectivity index (χ3v) is 6.12. The number of amides is 1. The molecule has 0 aliphatic carbocycles. The molecule has 3 rings (SSSR count). The number of ether oxygens (including phenoxy) is 2. The van der Waals surface area contributed by atoms with Crippen molar-refractivity contribution in [1.29, 1.82) is 0 Å². The monoisotopic (exact) mass is 572 g/mol. The summed E-state index contributed by atoms with van der Waals surface area (Å²) >= 11 is 0. The van der Waals surface area contributed by atoms with Crippen LogP contribution < -0.4 is 10.1 Å². The van der Waals surface area contributed by atoms with Gasteiger partial charge in [-0.3, -0.25) is 4.79 Å². The summed E-state index contributed by atoms with van der Waals surface area (Å²) in [5, 5.41) is 3.40. The molecule has 2 aliphatic rings. The largest absolute Gasteiger partial charge is 0.492 e. The first-order chi connectivity index (χ1) is 15.4. The van der Waals surface area contributed by atoms with Crippen LogP contribution in [-0.4, -0.2) is 80.8 Å². The number of carbonyl (C=O) groups excluding carboxylic acids is 1. The number of benzene rings is 1. The highest BCUT2D eigenvalue weighted by molar-refractivity contribution is 14.0. The van der Waals surface area contributed by atoms with E-state index in [9.17, 15) is 4.79 Å². The van der Waals surface area contributed by atoms with Crippen LogP contribution in [0.25, 0.3) is 0 Å². The molecule has 2 aliphatic heterocycles. The van der Waals surface area contributed by atoms with E-state index in [-0.39, 0.29) is 35.3 Å². The van der Waals surface area contributed by atoms with E-state index >= 15 is 0 Å². The second-order valence-electron chi connectivity index (χ2n) is 9.56. The van der Waals surface area contributed by atoms with Crippen molar-refractivity contribution in [2.45, 2.75) is 46.0 Å². The van der Waals surface area contributed by atoms with Gasteiger partial charge < -0.3 is 24.6 Å². The minimum Gasteiger partial charge on any atom is -0.492 e. The van der Waals surface area contributed by atoms with Crippen molar-refractivity contribution in [3.63, 3.8) is 0 Å². The number of carbonyl (C=O) groups is 1. The maximum Gasteiger partial charge on any atom is 0.225 e. The van der Waals surface area contributed by atoms with E-state index in [1.165, 1.54) is 5.56 Å². The van der Waals surface area contributed by atoms with E-state index in [1.807, 2.05) is 17.0 Å².